The summed E-state index contributed by atoms with van der Waals surface area (Å²) in [5, 5.41) is 0. The Balaban J connectivity index is 2.43. The molecule has 0 aromatic heterocycles. The first-order chi connectivity index (χ1) is 10.1. The smallest absolute Gasteiger partial charge is 0.229 e. The minimum atomic E-state index is -4.07. The van der Waals surface area contributed by atoms with E-state index in [1.54, 1.807) is 0 Å². The lowest BCUT2D eigenvalue weighted by Gasteiger charge is -2.29. The number of hydrogen-bond donors (Lipinski definition) is 0. The Labute approximate surface area is 131 Å². The van der Waals surface area contributed by atoms with Crippen molar-refractivity contribution in [3.8, 4) is 0 Å². The van der Waals surface area contributed by atoms with E-state index in [0.717, 1.165) is 10.4 Å². The number of rotatable bonds is 5. The van der Waals surface area contributed by atoms with Crippen LogP contribution in [0.2, 0.25) is 0 Å². The van der Waals surface area contributed by atoms with E-state index in [2.05, 4.69) is 0 Å². The first-order valence-electron chi connectivity index (χ1n) is 7.10. The van der Waals surface area contributed by atoms with Crippen molar-refractivity contribution in [3.05, 3.63) is 30.1 Å². The molecule has 1 aromatic rings. The van der Waals surface area contributed by atoms with Crippen LogP contribution in [0.1, 0.15) is 20.3 Å². The summed E-state index contributed by atoms with van der Waals surface area (Å²) in [4.78, 5) is -0.403. The van der Waals surface area contributed by atoms with Gasteiger partial charge in [0.1, 0.15) is 10.7 Å². The highest BCUT2D eigenvalue weighted by Gasteiger charge is 2.39. The maximum Gasteiger partial charge on any atom is 0.246 e. The van der Waals surface area contributed by atoms with Gasteiger partial charge in [0.05, 0.1) is 11.5 Å². The first-order valence-corrected chi connectivity index (χ1v) is 10.4. The Kier molecular flexibility index (Phi) is 4.93. The molecule has 8 heteroatoms. The van der Waals surface area contributed by atoms with Crippen molar-refractivity contribution in [3.63, 3.8) is 0 Å². The Hall–Kier alpha value is -0.990. The van der Waals surface area contributed by atoms with Crippen LogP contribution in [0.15, 0.2) is 29.2 Å². The molecule has 0 radical (unpaired) electrons. The van der Waals surface area contributed by atoms with Crippen LogP contribution < -0.4 is 0 Å². The lowest BCUT2D eigenvalue weighted by Crippen LogP contribution is -2.43. The molecular formula is C14H20FNO4S2. The molecule has 0 amide bonds. The van der Waals surface area contributed by atoms with Gasteiger partial charge in [-0.3, -0.25) is 0 Å². The zero-order valence-electron chi connectivity index (χ0n) is 12.6. The zero-order valence-corrected chi connectivity index (χ0v) is 14.2. The molecule has 1 atom stereocenters. The molecule has 1 fully saturated rings. The normalized spacial score (nSPS) is 21.6. The summed E-state index contributed by atoms with van der Waals surface area (Å²) < 4.78 is 63.9. The van der Waals surface area contributed by atoms with Crippen molar-refractivity contribution in [2.45, 2.75) is 31.2 Å². The van der Waals surface area contributed by atoms with Crippen LogP contribution in [0.25, 0.3) is 0 Å². The van der Waals surface area contributed by atoms with Gasteiger partial charge in [-0.15, -0.1) is 0 Å². The molecule has 0 aliphatic carbocycles. The fourth-order valence-electron chi connectivity index (χ4n) is 2.59. The van der Waals surface area contributed by atoms with Crippen molar-refractivity contribution in [1.82, 2.24) is 4.31 Å². The van der Waals surface area contributed by atoms with Crippen LogP contribution in [-0.4, -0.2) is 45.2 Å². The summed E-state index contributed by atoms with van der Waals surface area (Å²) in [5.74, 6) is -1.05. The summed E-state index contributed by atoms with van der Waals surface area (Å²) in [6.07, 6.45) is 0.253. The van der Waals surface area contributed by atoms with Crippen LogP contribution >= 0.6 is 0 Å². The van der Waals surface area contributed by atoms with Crippen molar-refractivity contribution in [2.75, 3.05) is 18.1 Å². The molecular weight excluding hydrogens is 329 g/mol. The van der Waals surface area contributed by atoms with Crippen LogP contribution in [0.5, 0.6) is 0 Å². The predicted molar refractivity (Wildman–Crippen MR) is 82.2 cm³/mol. The van der Waals surface area contributed by atoms with Gasteiger partial charge in [-0.25, -0.2) is 21.2 Å². The third-order valence-corrected chi connectivity index (χ3v) is 7.29. The van der Waals surface area contributed by atoms with Crippen LogP contribution in [-0.2, 0) is 19.9 Å². The molecule has 0 N–H and O–H groups in total. The monoisotopic (exact) mass is 349 g/mol. The summed E-state index contributed by atoms with van der Waals surface area (Å²) in [7, 11) is -7.30. The number of benzene rings is 1. The maximum absolute atomic E-state index is 13.9. The molecule has 1 saturated heterocycles. The highest BCUT2D eigenvalue weighted by Crippen LogP contribution is 2.27. The van der Waals surface area contributed by atoms with E-state index in [0.29, 0.717) is 0 Å². The molecule has 1 aliphatic heterocycles. The van der Waals surface area contributed by atoms with Crippen LogP contribution in [0, 0.1) is 11.7 Å². The number of halogens is 1. The SMILES string of the molecule is CC(C)CN([C@H]1CCS(=O)(=O)C1)S(=O)(=O)c1ccccc1F. The molecule has 1 heterocycles. The molecule has 22 heavy (non-hydrogen) atoms. The Bertz CT molecular complexity index is 744. The van der Waals surface area contributed by atoms with Crippen molar-refractivity contribution < 1.29 is 21.2 Å². The lowest BCUT2D eigenvalue weighted by molar-refractivity contribution is 0.306. The van der Waals surface area contributed by atoms with Crippen molar-refractivity contribution in [2.24, 2.45) is 5.92 Å². The molecule has 124 valence electrons. The molecule has 1 aromatic carbocycles. The molecule has 0 bridgehead atoms. The number of hydrogen-bond acceptors (Lipinski definition) is 4. The predicted octanol–water partition coefficient (Wildman–Crippen LogP) is 1.66. The first kappa shape index (κ1) is 17.4. The summed E-state index contributed by atoms with van der Waals surface area (Å²) in [5.41, 5.74) is 0. The minimum Gasteiger partial charge on any atom is -0.229 e. The second-order valence-corrected chi connectivity index (χ2v) is 10.0. The Morgan fingerprint density at radius 2 is 1.95 bits per heavy atom. The minimum absolute atomic E-state index is 0.00449. The van der Waals surface area contributed by atoms with Gasteiger partial charge in [-0.05, 0) is 24.5 Å². The van der Waals surface area contributed by atoms with E-state index >= 15 is 0 Å². The topological polar surface area (TPSA) is 71.5 Å². The third-order valence-electron chi connectivity index (χ3n) is 3.58. The number of sulfone groups is 1. The average molecular weight is 349 g/mol. The number of sulfonamides is 1. The van der Waals surface area contributed by atoms with Gasteiger partial charge < -0.3 is 0 Å². The third kappa shape index (κ3) is 3.67. The number of nitrogens with zero attached hydrogens (tertiary/aromatic N) is 1. The summed E-state index contributed by atoms with van der Waals surface area (Å²) in [6.45, 7) is 3.84. The molecule has 0 saturated carbocycles. The highest BCUT2D eigenvalue weighted by molar-refractivity contribution is 7.92. The standard InChI is InChI=1S/C14H20FNO4S2/c1-11(2)9-16(12-7-8-21(17,18)10-12)22(19,20)14-6-4-3-5-13(14)15/h3-6,11-12H,7-10H2,1-2H3/t12-/m0/s1. The highest BCUT2D eigenvalue weighted by atomic mass is 32.2. The van der Waals surface area contributed by atoms with E-state index in [9.17, 15) is 21.2 Å². The lowest BCUT2D eigenvalue weighted by atomic mass is 10.2. The van der Waals surface area contributed by atoms with E-state index in [4.69, 9.17) is 0 Å². The summed E-state index contributed by atoms with van der Waals surface area (Å²) in [6, 6.07) is 4.54. The largest absolute Gasteiger partial charge is 0.246 e. The maximum atomic E-state index is 13.9. The fraction of sp³-hybridized carbons (Fsp3) is 0.571. The van der Waals surface area contributed by atoms with Gasteiger partial charge in [0.2, 0.25) is 10.0 Å². The second-order valence-electron chi connectivity index (χ2n) is 5.96. The van der Waals surface area contributed by atoms with E-state index in [1.807, 2.05) is 13.8 Å². The van der Waals surface area contributed by atoms with Crippen LogP contribution in [0.3, 0.4) is 0 Å². The Morgan fingerprint density at radius 3 is 2.45 bits per heavy atom. The second kappa shape index (κ2) is 6.25. The van der Waals surface area contributed by atoms with Gasteiger partial charge >= 0.3 is 0 Å². The van der Waals surface area contributed by atoms with Gasteiger partial charge in [-0.1, -0.05) is 26.0 Å². The van der Waals surface area contributed by atoms with Gasteiger partial charge in [0.25, 0.3) is 0 Å². The Morgan fingerprint density at radius 1 is 1.32 bits per heavy atom. The quantitative estimate of drug-likeness (QED) is 0.810. The summed E-state index contributed by atoms with van der Waals surface area (Å²) >= 11 is 0. The molecule has 2 rings (SSSR count). The van der Waals surface area contributed by atoms with E-state index in [1.165, 1.54) is 18.2 Å². The molecule has 5 nitrogen and oxygen atoms in total. The van der Waals surface area contributed by atoms with Crippen molar-refractivity contribution in [1.29, 1.82) is 0 Å². The van der Waals surface area contributed by atoms with Crippen molar-refractivity contribution >= 4 is 19.9 Å². The average Bonchev–Trinajstić information content (AvgIpc) is 2.76. The van der Waals surface area contributed by atoms with Crippen LogP contribution in [0.4, 0.5) is 4.39 Å². The molecule has 0 unspecified atom stereocenters. The van der Waals surface area contributed by atoms with Gasteiger partial charge in [-0.2, -0.15) is 4.31 Å². The molecule has 1 aliphatic rings. The van der Waals surface area contributed by atoms with Gasteiger partial charge in [0.15, 0.2) is 9.84 Å². The van der Waals surface area contributed by atoms with E-state index in [-0.39, 0.29) is 30.4 Å². The molecule has 0 spiro atoms. The van der Waals surface area contributed by atoms with E-state index < -0.39 is 36.6 Å². The zero-order chi connectivity index (χ0) is 16.5. The fourth-order valence-corrected chi connectivity index (χ4v) is 6.30. The van der Waals surface area contributed by atoms with Gasteiger partial charge in [0, 0.05) is 12.6 Å².